The van der Waals surface area contributed by atoms with Crippen LogP contribution in [0.5, 0.6) is 0 Å². The monoisotopic (exact) mass is 505 g/mol. The van der Waals surface area contributed by atoms with E-state index in [0.29, 0.717) is 28.5 Å². The van der Waals surface area contributed by atoms with Gasteiger partial charge in [0.05, 0.1) is 23.6 Å². The first-order chi connectivity index (χ1) is 17.0. The molecule has 1 aliphatic rings. The smallest absolute Gasteiger partial charge is 0.345 e. The Morgan fingerprint density at radius 2 is 2.09 bits per heavy atom. The molecule has 0 saturated heterocycles. The Balaban J connectivity index is 1.37. The highest BCUT2D eigenvalue weighted by Gasteiger charge is 2.27. The topological polar surface area (TPSA) is 132 Å². The number of carboxylic acids is 1. The van der Waals surface area contributed by atoms with Gasteiger partial charge in [-0.25, -0.2) is 9.78 Å². The number of aryl methyl sites for hydroxylation is 1. The number of carbonyl (C=O) groups is 1. The molecule has 4 aromatic heterocycles. The highest BCUT2D eigenvalue weighted by molar-refractivity contribution is 7.12. The van der Waals surface area contributed by atoms with Crippen LogP contribution >= 0.6 is 22.9 Å². The molecule has 0 amide bonds. The summed E-state index contributed by atoms with van der Waals surface area (Å²) in [5.74, 6) is -0.394. The maximum absolute atomic E-state index is 13.3. The lowest BCUT2D eigenvalue weighted by Gasteiger charge is -2.15. The number of aromatic nitrogens is 7. The number of carboxylic acid groups (broad SMARTS) is 1. The predicted octanol–water partition coefficient (Wildman–Crippen LogP) is 3.83. The highest BCUT2D eigenvalue weighted by atomic mass is 35.5. The number of fused-ring (bicyclic) bond motifs is 1. The van der Waals surface area contributed by atoms with E-state index in [4.69, 9.17) is 11.6 Å². The van der Waals surface area contributed by atoms with Crippen molar-refractivity contribution in [3.8, 4) is 28.2 Å². The van der Waals surface area contributed by atoms with Gasteiger partial charge in [0.15, 0.2) is 0 Å². The SMILES string of the molecule is O=C(O)c1cc(-c2ncc(C3CCc4cc(-c5cc(Cl)ccc5-n5cnnn5)cc(=O)n43)[nH]2)cs1. The zero-order valence-corrected chi connectivity index (χ0v) is 19.5. The molecule has 174 valence electrons. The number of nitrogens with one attached hydrogen (secondary N) is 1. The molecule has 1 unspecified atom stereocenters. The zero-order chi connectivity index (χ0) is 24.1. The molecule has 0 saturated carbocycles. The summed E-state index contributed by atoms with van der Waals surface area (Å²) in [6, 6.07) is 10.3. The summed E-state index contributed by atoms with van der Waals surface area (Å²) in [6.07, 6.45) is 4.65. The lowest BCUT2D eigenvalue weighted by atomic mass is 10.0. The molecule has 5 heterocycles. The van der Waals surface area contributed by atoms with E-state index in [1.807, 2.05) is 12.1 Å². The summed E-state index contributed by atoms with van der Waals surface area (Å²) in [4.78, 5) is 32.5. The average molecular weight is 506 g/mol. The maximum Gasteiger partial charge on any atom is 0.345 e. The number of hydrogen-bond donors (Lipinski definition) is 2. The largest absolute Gasteiger partial charge is 0.477 e. The number of halogens is 1. The molecule has 1 atom stereocenters. The number of thiophene rings is 1. The number of aromatic amines is 1. The van der Waals surface area contributed by atoms with Crippen molar-refractivity contribution in [3.63, 3.8) is 0 Å². The molecule has 5 aromatic rings. The lowest BCUT2D eigenvalue weighted by Crippen LogP contribution is -2.23. The van der Waals surface area contributed by atoms with Crippen LogP contribution in [0.3, 0.4) is 0 Å². The van der Waals surface area contributed by atoms with Crippen molar-refractivity contribution in [1.29, 1.82) is 0 Å². The van der Waals surface area contributed by atoms with Gasteiger partial charge in [0, 0.05) is 33.3 Å². The lowest BCUT2D eigenvalue weighted by molar-refractivity contribution is 0.0702. The second-order valence-electron chi connectivity index (χ2n) is 8.11. The van der Waals surface area contributed by atoms with Crippen molar-refractivity contribution >= 4 is 28.9 Å². The van der Waals surface area contributed by atoms with Crippen LogP contribution in [0.2, 0.25) is 5.02 Å². The Morgan fingerprint density at radius 3 is 2.86 bits per heavy atom. The molecular formula is C23H16ClN7O3S. The molecule has 12 heteroatoms. The fourth-order valence-electron chi connectivity index (χ4n) is 4.48. The summed E-state index contributed by atoms with van der Waals surface area (Å²) in [7, 11) is 0. The van der Waals surface area contributed by atoms with Crippen LogP contribution in [0.4, 0.5) is 0 Å². The second-order valence-corrected chi connectivity index (χ2v) is 9.45. The number of tetrazole rings is 1. The Kier molecular flexibility index (Phi) is 5.08. The standard InChI is InChI=1S/C23H16ClN7O3S/c24-14-1-3-18(30-11-26-28-29-30)16(8-14)12-5-15-2-4-19(31(15)21(32)7-12)17-9-25-22(27-17)13-6-20(23(33)34)35-10-13/h1,3,5-11,19H,2,4H2,(H,25,27)(H,33,34). The number of pyridine rings is 1. The van der Waals surface area contributed by atoms with Crippen LogP contribution in [0.25, 0.3) is 28.2 Å². The maximum atomic E-state index is 13.3. The molecule has 35 heavy (non-hydrogen) atoms. The Morgan fingerprint density at radius 1 is 1.20 bits per heavy atom. The van der Waals surface area contributed by atoms with Gasteiger partial charge in [0.1, 0.15) is 17.0 Å². The number of rotatable bonds is 5. The number of benzene rings is 1. The number of imidazole rings is 1. The summed E-state index contributed by atoms with van der Waals surface area (Å²) in [5, 5.41) is 22.9. The Hall–Kier alpha value is -4.09. The molecule has 10 nitrogen and oxygen atoms in total. The van der Waals surface area contributed by atoms with Gasteiger partial charge in [-0.05, 0) is 59.2 Å². The van der Waals surface area contributed by atoms with E-state index in [9.17, 15) is 14.7 Å². The van der Waals surface area contributed by atoms with E-state index in [2.05, 4.69) is 25.5 Å². The summed E-state index contributed by atoms with van der Waals surface area (Å²) >= 11 is 7.42. The fraction of sp³-hybridized carbons (Fsp3) is 0.130. The summed E-state index contributed by atoms with van der Waals surface area (Å²) < 4.78 is 3.31. The summed E-state index contributed by atoms with van der Waals surface area (Å²) in [6.45, 7) is 0. The molecular weight excluding hydrogens is 490 g/mol. The number of aromatic carboxylic acids is 1. The van der Waals surface area contributed by atoms with Crippen LogP contribution in [0, 0.1) is 0 Å². The van der Waals surface area contributed by atoms with Gasteiger partial charge < -0.3 is 14.7 Å². The minimum absolute atomic E-state index is 0.137. The van der Waals surface area contributed by atoms with E-state index >= 15 is 0 Å². The molecule has 1 aromatic carbocycles. The van der Waals surface area contributed by atoms with Gasteiger partial charge in [0.25, 0.3) is 5.56 Å². The average Bonchev–Trinajstić information content (AvgIpc) is 3.64. The fourth-order valence-corrected chi connectivity index (χ4v) is 5.38. The molecule has 0 bridgehead atoms. The van der Waals surface area contributed by atoms with Crippen LogP contribution in [0.1, 0.15) is 33.5 Å². The van der Waals surface area contributed by atoms with Gasteiger partial charge in [-0.15, -0.1) is 16.4 Å². The van der Waals surface area contributed by atoms with Crippen LogP contribution in [0.15, 0.2) is 59.1 Å². The van der Waals surface area contributed by atoms with Crippen LogP contribution < -0.4 is 5.56 Å². The van der Waals surface area contributed by atoms with Gasteiger partial charge in [0.2, 0.25) is 0 Å². The quantitative estimate of drug-likeness (QED) is 0.371. The first kappa shape index (κ1) is 21.4. The minimum atomic E-state index is -0.969. The third-order valence-corrected chi connectivity index (χ3v) is 7.19. The van der Waals surface area contributed by atoms with E-state index < -0.39 is 5.97 Å². The van der Waals surface area contributed by atoms with Gasteiger partial charge in [-0.3, -0.25) is 4.79 Å². The van der Waals surface area contributed by atoms with Gasteiger partial charge in [-0.2, -0.15) is 4.68 Å². The van der Waals surface area contributed by atoms with E-state index in [-0.39, 0.29) is 16.5 Å². The highest BCUT2D eigenvalue weighted by Crippen LogP contribution is 2.35. The molecule has 1 aliphatic heterocycles. The van der Waals surface area contributed by atoms with Crippen LogP contribution in [-0.4, -0.2) is 45.8 Å². The Bertz CT molecular complexity index is 1640. The van der Waals surface area contributed by atoms with Gasteiger partial charge >= 0.3 is 5.97 Å². The first-order valence-corrected chi connectivity index (χ1v) is 11.9. The predicted molar refractivity (Wildman–Crippen MR) is 129 cm³/mol. The first-order valence-electron chi connectivity index (χ1n) is 10.6. The van der Waals surface area contributed by atoms with E-state index in [1.54, 1.807) is 40.4 Å². The molecule has 2 N–H and O–H groups in total. The van der Waals surface area contributed by atoms with Gasteiger partial charge in [-0.1, -0.05) is 11.6 Å². The second kappa shape index (κ2) is 8.29. The number of hydrogen-bond acceptors (Lipinski definition) is 7. The molecule has 0 spiro atoms. The zero-order valence-electron chi connectivity index (χ0n) is 17.9. The van der Waals surface area contributed by atoms with E-state index in [0.717, 1.165) is 40.3 Å². The van der Waals surface area contributed by atoms with Crippen LogP contribution in [-0.2, 0) is 6.42 Å². The normalized spacial score (nSPS) is 14.8. The number of H-pyrrole nitrogens is 1. The van der Waals surface area contributed by atoms with Crippen molar-refractivity contribution in [2.24, 2.45) is 0 Å². The van der Waals surface area contributed by atoms with Crippen molar-refractivity contribution < 1.29 is 9.90 Å². The molecule has 0 fully saturated rings. The number of nitrogens with zero attached hydrogens (tertiary/aromatic N) is 6. The minimum Gasteiger partial charge on any atom is -0.477 e. The van der Waals surface area contributed by atoms with Crippen molar-refractivity contribution in [2.45, 2.75) is 18.9 Å². The Labute approximate surface area is 206 Å². The summed E-state index contributed by atoms with van der Waals surface area (Å²) in [5.41, 5.74) is 4.48. The molecule has 0 aliphatic carbocycles. The molecule has 0 radical (unpaired) electrons. The third-order valence-electron chi connectivity index (χ3n) is 6.04. The molecule has 6 rings (SSSR count). The van der Waals surface area contributed by atoms with Crippen molar-refractivity contribution in [3.05, 3.63) is 85.9 Å². The van der Waals surface area contributed by atoms with Crippen molar-refractivity contribution in [2.75, 3.05) is 0 Å². The van der Waals surface area contributed by atoms with E-state index in [1.165, 1.54) is 11.0 Å². The van der Waals surface area contributed by atoms with Crippen molar-refractivity contribution in [1.82, 2.24) is 34.7 Å². The third kappa shape index (κ3) is 3.74.